The van der Waals surface area contributed by atoms with E-state index in [1.807, 2.05) is 6.92 Å². The second kappa shape index (κ2) is 4.88. The highest BCUT2D eigenvalue weighted by atomic mass is 16.1. The lowest BCUT2D eigenvalue weighted by Gasteiger charge is -2.22. The summed E-state index contributed by atoms with van der Waals surface area (Å²) in [6.07, 6.45) is 7.21. The van der Waals surface area contributed by atoms with Gasteiger partial charge in [-0.05, 0) is 26.3 Å². The van der Waals surface area contributed by atoms with E-state index in [1.165, 1.54) is 0 Å². The molecule has 0 spiro atoms. The Morgan fingerprint density at radius 2 is 2.54 bits per heavy atom. The van der Waals surface area contributed by atoms with Crippen molar-refractivity contribution in [2.45, 2.75) is 25.8 Å². The number of rotatable bonds is 2. The summed E-state index contributed by atoms with van der Waals surface area (Å²) in [4.78, 5) is 11.5. The highest BCUT2D eigenvalue weighted by Gasteiger charge is 2.21. The van der Waals surface area contributed by atoms with Gasteiger partial charge in [0, 0.05) is 6.54 Å². The Labute approximate surface area is 79.3 Å². The summed E-state index contributed by atoms with van der Waals surface area (Å²) >= 11 is 0. The lowest BCUT2D eigenvalue weighted by Crippen LogP contribution is -2.43. The van der Waals surface area contributed by atoms with Gasteiger partial charge < -0.3 is 10.6 Å². The molecule has 1 unspecified atom stereocenters. The molecule has 1 aliphatic rings. The monoisotopic (exact) mass is 180 g/mol. The molecule has 0 aliphatic carbocycles. The number of carbonyl (C=O) groups excluding carboxylic acids is 1. The van der Waals surface area contributed by atoms with Gasteiger partial charge in [-0.25, -0.2) is 0 Å². The van der Waals surface area contributed by atoms with E-state index in [4.69, 9.17) is 6.42 Å². The Bertz CT molecular complexity index is 213. The molecule has 3 nitrogen and oxygen atoms in total. The lowest BCUT2D eigenvalue weighted by molar-refractivity contribution is -0.125. The van der Waals surface area contributed by atoms with Gasteiger partial charge >= 0.3 is 0 Å². The molecular weight excluding hydrogens is 164 g/mol. The van der Waals surface area contributed by atoms with Crippen LogP contribution in [0.15, 0.2) is 0 Å². The van der Waals surface area contributed by atoms with E-state index in [0.29, 0.717) is 0 Å². The zero-order valence-electron chi connectivity index (χ0n) is 7.97. The predicted octanol–water partition coefficient (Wildman–Crippen LogP) is 0.124. The van der Waals surface area contributed by atoms with Crippen molar-refractivity contribution in [2.24, 2.45) is 5.92 Å². The van der Waals surface area contributed by atoms with Crippen molar-refractivity contribution in [3.63, 3.8) is 0 Å². The van der Waals surface area contributed by atoms with Crippen molar-refractivity contribution >= 4 is 5.91 Å². The minimum Gasteiger partial charge on any atom is -0.342 e. The maximum atomic E-state index is 11.5. The number of nitrogens with one attached hydrogen (secondary N) is 2. The SMILES string of the molecule is C#C[C@@H](C)NC(=O)C1CCCNC1. The van der Waals surface area contributed by atoms with Crippen molar-refractivity contribution < 1.29 is 4.79 Å². The summed E-state index contributed by atoms with van der Waals surface area (Å²) in [6, 6.07) is -0.158. The Hall–Kier alpha value is -1.01. The first-order valence-corrected chi connectivity index (χ1v) is 4.71. The van der Waals surface area contributed by atoms with Crippen LogP contribution in [0.4, 0.5) is 0 Å². The van der Waals surface area contributed by atoms with Crippen LogP contribution in [0.3, 0.4) is 0 Å². The van der Waals surface area contributed by atoms with Gasteiger partial charge in [0.25, 0.3) is 0 Å². The maximum Gasteiger partial charge on any atom is 0.225 e. The summed E-state index contributed by atoms with van der Waals surface area (Å²) in [7, 11) is 0. The molecule has 13 heavy (non-hydrogen) atoms. The second-order valence-corrected chi connectivity index (χ2v) is 3.44. The molecule has 1 rings (SSSR count). The van der Waals surface area contributed by atoms with E-state index >= 15 is 0 Å². The van der Waals surface area contributed by atoms with E-state index in [9.17, 15) is 4.79 Å². The van der Waals surface area contributed by atoms with Gasteiger partial charge in [-0.3, -0.25) is 4.79 Å². The first-order valence-electron chi connectivity index (χ1n) is 4.71. The third kappa shape index (κ3) is 3.08. The smallest absolute Gasteiger partial charge is 0.225 e. The number of hydrogen-bond donors (Lipinski definition) is 2. The maximum absolute atomic E-state index is 11.5. The molecule has 0 bridgehead atoms. The fourth-order valence-electron chi connectivity index (χ4n) is 1.45. The third-order valence-corrected chi connectivity index (χ3v) is 2.28. The lowest BCUT2D eigenvalue weighted by atomic mass is 9.98. The summed E-state index contributed by atoms with van der Waals surface area (Å²) in [5.74, 6) is 2.67. The summed E-state index contributed by atoms with van der Waals surface area (Å²) in [5.41, 5.74) is 0. The number of amides is 1. The van der Waals surface area contributed by atoms with Crippen LogP contribution in [0.5, 0.6) is 0 Å². The number of carbonyl (C=O) groups is 1. The quantitative estimate of drug-likeness (QED) is 0.593. The Kier molecular flexibility index (Phi) is 3.78. The molecule has 1 aliphatic heterocycles. The molecule has 2 atom stereocenters. The second-order valence-electron chi connectivity index (χ2n) is 3.44. The Balaban J connectivity index is 2.34. The van der Waals surface area contributed by atoms with Gasteiger partial charge in [-0.2, -0.15) is 0 Å². The van der Waals surface area contributed by atoms with Crippen molar-refractivity contribution in [1.82, 2.24) is 10.6 Å². The molecule has 2 N–H and O–H groups in total. The minimum absolute atomic E-state index is 0.0812. The van der Waals surface area contributed by atoms with E-state index in [2.05, 4.69) is 16.6 Å². The van der Waals surface area contributed by atoms with Gasteiger partial charge in [0.05, 0.1) is 12.0 Å². The first kappa shape index (κ1) is 10.1. The molecule has 3 heteroatoms. The van der Waals surface area contributed by atoms with Crippen LogP contribution in [0.25, 0.3) is 0 Å². The molecule has 0 aromatic carbocycles. The standard InChI is InChI=1S/C10H16N2O/c1-3-8(2)12-10(13)9-5-4-6-11-7-9/h1,8-9,11H,4-7H2,2H3,(H,12,13)/t8-,9?/m1/s1. The van der Waals surface area contributed by atoms with Crippen molar-refractivity contribution in [1.29, 1.82) is 0 Å². The Morgan fingerprint density at radius 1 is 1.77 bits per heavy atom. The van der Waals surface area contributed by atoms with Crippen LogP contribution in [-0.4, -0.2) is 25.0 Å². The number of piperidine rings is 1. The van der Waals surface area contributed by atoms with Crippen LogP contribution in [0.1, 0.15) is 19.8 Å². The number of hydrogen-bond acceptors (Lipinski definition) is 2. The van der Waals surface area contributed by atoms with Gasteiger partial charge in [0.15, 0.2) is 0 Å². The third-order valence-electron chi connectivity index (χ3n) is 2.28. The highest BCUT2D eigenvalue weighted by Crippen LogP contribution is 2.09. The van der Waals surface area contributed by atoms with E-state index in [1.54, 1.807) is 0 Å². The minimum atomic E-state index is -0.158. The zero-order chi connectivity index (χ0) is 9.68. The number of terminal acetylenes is 1. The van der Waals surface area contributed by atoms with Crippen LogP contribution in [0.2, 0.25) is 0 Å². The van der Waals surface area contributed by atoms with E-state index in [0.717, 1.165) is 25.9 Å². The predicted molar refractivity (Wildman–Crippen MR) is 52.0 cm³/mol. The van der Waals surface area contributed by atoms with Gasteiger partial charge in [-0.15, -0.1) is 6.42 Å². The fraction of sp³-hybridized carbons (Fsp3) is 0.700. The van der Waals surface area contributed by atoms with Gasteiger partial charge in [0.1, 0.15) is 0 Å². The zero-order valence-corrected chi connectivity index (χ0v) is 7.97. The molecule has 0 radical (unpaired) electrons. The summed E-state index contributed by atoms with van der Waals surface area (Å²) < 4.78 is 0. The average Bonchev–Trinajstić information content (AvgIpc) is 2.19. The average molecular weight is 180 g/mol. The molecule has 1 heterocycles. The van der Waals surface area contributed by atoms with Gasteiger partial charge in [-0.1, -0.05) is 5.92 Å². The van der Waals surface area contributed by atoms with Crippen LogP contribution in [0, 0.1) is 18.3 Å². The van der Waals surface area contributed by atoms with Gasteiger partial charge in [0.2, 0.25) is 5.91 Å². The molecule has 0 aromatic rings. The molecule has 1 fully saturated rings. The van der Waals surface area contributed by atoms with Crippen LogP contribution < -0.4 is 10.6 Å². The van der Waals surface area contributed by atoms with Crippen LogP contribution in [-0.2, 0) is 4.79 Å². The van der Waals surface area contributed by atoms with Crippen molar-refractivity contribution in [3.05, 3.63) is 0 Å². The molecular formula is C10H16N2O. The molecule has 72 valence electrons. The molecule has 0 saturated carbocycles. The molecule has 1 saturated heterocycles. The normalized spacial score (nSPS) is 24.5. The van der Waals surface area contributed by atoms with Crippen molar-refractivity contribution in [3.8, 4) is 12.3 Å². The highest BCUT2D eigenvalue weighted by molar-refractivity contribution is 5.79. The largest absolute Gasteiger partial charge is 0.342 e. The molecule has 0 aromatic heterocycles. The van der Waals surface area contributed by atoms with E-state index in [-0.39, 0.29) is 17.9 Å². The molecule has 1 amide bonds. The first-order chi connectivity index (χ1) is 6.24. The Morgan fingerprint density at radius 3 is 3.08 bits per heavy atom. The topological polar surface area (TPSA) is 41.1 Å². The summed E-state index contributed by atoms with van der Waals surface area (Å²) in [5, 5.41) is 5.98. The van der Waals surface area contributed by atoms with Crippen molar-refractivity contribution in [2.75, 3.05) is 13.1 Å². The fourth-order valence-corrected chi connectivity index (χ4v) is 1.45. The van der Waals surface area contributed by atoms with Crippen LogP contribution >= 0.6 is 0 Å². The van der Waals surface area contributed by atoms with E-state index < -0.39 is 0 Å². The summed E-state index contributed by atoms with van der Waals surface area (Å²) in [6.45, 7) is 3.62.